The maximum atomic E-state index is 12.7. The number of carbonyl (C=O) groups is 1. The molecule has 1 aliphatic heterocycles. The van der Waals surface area contributed by atoms with E-state index in [1.54, 1.807) is 0 Å². The van der Waals surface area contributed by atoms with Gasteiger partial charge in [-0.05, 0) is 35.7 Å². The summed E-state index contributed by atoms with van der Waals surface area (Å²) >= 11 is 0. The monoisotopic (exact) mass is 310 g/mol. The molecule has 2 aromatic carbocycles. The molecule has 4 nitrogen and oxygen atoms in total. The maximum Gasteiger partial charge on any atom is 0.254 e. The summed E-state index contributed by atoms with van der Waals surface area (Å²) in [5.74, 6) is 0.0513. The Kier molecular flexibility index (Phi) is 4.74. The summed E-state index contributed by atoms with van der Waals surface area (Å²) in [6.45, 7) is 4.33. The minimum atomic E-state index is -0.0581. The quantitative estimate of drug-likeness (QED) is 0.948. The van der Waals surface area contributed by atoms with E-state index in [1.165, 1.54) is 5.56 Å². The molecule has 1 aliphatic rings. The van der Waals surface area contributed by atoms with E-state index >= 15 is 0 Å². The molecule has 1 fully saturated rings. The topological polar surface area (TPSA) is 55.6 Å². The molecule has 1 heterocycles. The highest BCUT2D eigenvalue weighted by Gasteiger charge is 2.26. The number of nitrogens with zero attached hydrogens (tertiary/aromatic N) is 1. The van der Waals surface area contributed by atoms with Crippen LogP contribution in [0.4, 0.5) is 0 Å². The van der Waals surface area contributed by atoms with Gasteiger partial charge in [-0.1, -0.05) is 36.4 Å². The second-order valence-corrected chi connectivity index (χ2v) is 5.87. The molecule has 0 aromatic heterocycles. The molecule has 0 bridgehead atoms. The SMILES string of the molecule is Cc1ccccc1[C@@H]1CN(C(=O)c2ccc(CN)cc2)CCO1. The predicted octanol–water partition coefficient (Wildman–Crippen LogP) is 2.67. The van der Waals surface area contributed by atoms with Gasteiger partial charge in [-0.3, -0.25) is 4.79 Å². The average molecular weight is 310 g/mol. The first-order chi connectivity index (χ1) is 11.2. The van der Waals surface area contributed by atoms with Gasteiger partial charge in [0, 0.05) is 18.7 Å². The van der Waals surface area contributed by atoms with Crippen LogP contribution in [0.15, 0.2) is 48.5 Å². The van der Waals surface area contributed by atoms with Crippen molar-refractivity contribution in [3.8, 4) is 0 Å². The van der Waals surface area contributed by atoms with Gasteiger partial charge in [0.05, 0.1) is 13.2 Å². The third-order valence-electron chi connectivity index (χ3n) is 4.33. The molecule has 120 valence electrons. The summed E-state index contributed by atoms with van der Waals surface area (Å²) in [7, 11) is 0. The zero-order valence-corrected chi connectivity index (χ0v) is 13.4. The molecule has 23 heavy (non-hydrogen) atoms. The number of rotatable bonds is 3. The molecule has 0 unspecified atom stereocenters. The fourth-order valence-electron chi connectivity index (χ4n) is 2.94. The molecule has 1 amide bonds. The van der Waals surface area contributed by atoms with E-state index in [4.69, 9.17) is 10.5 Å². The Morgan fingerprint density at radius 3 is 2.65 bits per heavy atom. The van der Waals surface area contributed by atoms with Crippen molar-refractivity contribution in [2.75, 3.05) is 19.7 Å². The Balaban J connectivity index is 1.75. The van der Waals surface area contributed by atoms with E-state index in [-0.39, 0.29) is 12.0 Å². The molecule has 1 atom stereocenters. The lowest BCUT2D eigenvalue weighted by molar-refractivity contribution is -0.0230. The van der Waals surface area contributed by atoms with Crippen molar-refractivity contribution >= 4 is 5.91 Å². The number of morpholine rings is 1. The van der Waals surface area contributed by atoms with Crippen molar-refractivity contribution in [3.63, 3.8) is 0 Å². The molecular formula is C19H22N2O2. The fourth-order valence-corrected chi connectivity index (χ4v) is 2.94. The van der Waals surface area contributed by atoms with E-state index in [9.17, 15) is 4.79 Å². The van der Waals surface area contributed by atoms with Crippen LogP contribution in [0.25, 0.3) is 0 Å². The van der Waals surface area contributed by atoms with E-state index in [2.05, 4.69) is 19.1 Å². The van der Waals surface area contributed by atoms with E-state index in [0.717, 1.165) is 11.1 Å². The Bertz CT molecular complexity index is 682. The fraction of sp³-hybridized carbons (Fsp3) is 0.316. The van der Waals surface area contributed by atoms with Crippen LogP contribution in [0.5, 0.6) is 0 Å². The van der Waals surface area contributed by atoms with Crippen molar-refractivity contribution < 1.29 is 9.53 Å². The van der Waals surface area contributed by atoms with Crippen LogP contribution in [0.2, 0.25) is 0 Å². The summed E-state index contributed by atoms with van der Waals surface area (Å²) in [6, 6.07) is 15.7. The lowest BCUT2D eigenvalue weighted by Crippen LogP contribution is -2.42. The van der Waals surface area contributed by atoms with Crippen LogP contribution >= 0.6 is 0 Å². The van der Waals surface area contributed by atoms with Gasteiger partial charge in [-0.2, -0.15) is 0 Å². The second kappa shape index (κ2) is 6.94. The number of aryl methyl sites for hydroxylation is 1. The first-order valence-corrected chi connectivity index (χ1v) is 7.94. The van der Waals surface area contributed by atoms with Crippen molar-refractivity contribution in [2.24, 2.45) is 5.73 Å². The van der Waals surface area contributed by atoms with E-state index in [0.29, 0.717) is 31.8 Å². The van der Waals surface area contributed by atoms with Crippen molar-refractivity contribution in [1.82, 2.24) is 4.90 Å². The van der Waals surface area contributed by atoms with E-state index in [1.807, 2.05) is 41.3 Å². The van der Waals surface area contributed by atoms with Gasteiger partial charge in [-0.25, -0.2) is 0 Å². The average Bonchev–Trinajstić information content (AvgIpc) is 2.62. The highest BCUT2D eigenvalue weighted by molar-refractivity contribution is 5.94. The molecule has 0 saturated carbocycles. The molecule has 4 heteroatoms. The molecule has 0 radical (unpaired) electrons. The van der Waals surface area contributed by atoms with Crippen molar-refractivity contribution in [1.29, 1.82) is 0 Å². The summed E-state index contributed by atoms with van der Waals surface area (Å²) in [4.78, 5) is 14.6. The minimum absolute atomic E-state index is 0.0513. The Hall–Kier alpha value is -2.17. The summed E-state index contributed by atoms with van der Waals surface area (Å²) in [5.41, 5.74) is 9.68. The number of nitrogens with two attached hydrogens (primary N) is 1. The van der Waals surface area contributed by atoms with E-state index < -0.39 is 0 Å². The summed E-state index contributed by atoms with van der Waals surface area (Å²) in [6.07, 6.45) is -0.0581. The molecule has 2 aromatic rings. The number of hydrogen-bond donors (Lipinski definition) is 1. The van der Waals surface area contributed by atoms with Gasteiger partial charge in [0.2, 0.25) is 0 Å². The van der Waals surface area contributed by atoms with Gasteiger partial charge in [-0.15, -0.1) is 0 Å². The molecule has 2 N–H and O–H groups in total. The molecule has 0 aliphatic carbocycles. The number of benzene rings is 2. The van der Waals surface area contributed by atoms with Gasteiger partial charge in [0.1, 0.15) is 6.10 Å². The number of amides is 1. The van der Waals surface area contributed by atoms with Crippen LogP contribution in [0.1, 0.15) is 33.2 Å². The molecule has 1 saturated heterocycles. The van der Waals surface area contributed by atoms with Crippen LogP contribution in [-0.4, -0.2) is 30.5 Å². The lowest BCUT2D eigenvalue weighted by Gasteiger charge is -2.34. The van der Waals surface area contributed by atoms with Crippen molar-refractivity contribution in [2.45, 2.75) is 19.6 Å². The standard InChI is InChI=1S/C19H22N2O2/c1-14-4-2-3-5-17(14)18-13-21(10-11-23-18)19(22)16-8-6-15(12-20)7-9-16/h2-9,18H,10-13,20H2,1H3/t18-/m0/s1. The Labute approximate surface area is 136 Å². The summed E-state index contributed by atoms with van der Waals surface area (Å²) in [5, 5.41) is 0. The van der Waals surface area contributed by atoms with Gasteiger partial charge in [0.15, 0.2) is 0 Å². The van der Waals surface area contributed by atoms with Crippen molar-refractivity contribution in [3.05, 3.63) is 70.8 Å². The molecule has 0 spiro atoms. The van der Waals surface area contributed by atoms with Crippen LogP contribution in [0.3, 0.4) is 0 Å². The Morgan fingerprint density at radius 2 is 1.96 bits per heavy atom. The molecule has 3 rings (SSSR count). The normalized spacial score (nSPS) is 18.0. The smallest absolute Gasteiger partial charge is 0.254 e. The summed E-state index contributed by atoms with van der Waals surface area (Å²) < 4.78 is 5.89. The first kappa shape index (κ1) is 15.7. The largest absolute Gasteiger partial charge is 0.370 e. The highest BCUT2D eigenvalue weighted by Crippen LogP contribution is 2.25. The van der Waals surface area contributed by atoms with Gasteiger partial charge >= 0.3 is 0 Å². The third-order valence-corrected chi connectivity index (χ3v) is 4.33. The second-order valence-electron chi connectivity index (χ2n) is 5.87. The maximum absolute atomic E-state index is 12.7. The highest BCUT2D eigenvalue weighted by atomic mass is 16.5. The predicted molar refractivity (Wildman–Crippen MR) is 90.1 cm³/mol. The lowest BCUT2D eigenvalue weighted by atomic mass is 10.0. The minimum Gasteiger partial charge on any atom is -0.370 e. The zero-order chi connectivity index (χ0) is 16.2. The number of ether oxygens (including phenoxy) is 1. The number of carbonyl (C=O) groups excluding carboxylic acids is 1. The van der Waals surface area contributed by atoms with Crippen LogP contribution < -0.4 is 5.73 Å². The third kappa shape index (κ3) is 3.44. The zero-order valence-electron chi connectivity index (χ0n) is 13.4. The van der Waals surface area contributed by atoms with Crippen LogP contribution in [-0.2, 0) is 11.3 Å². The number of hydrogen-bond acceptors (Lipinski definition) is 3. The first-order valence-electron chi connectivity index (χ1n) is 7.94. The van der Waals surface area contributed by atoms with Gasteiger partial charge in [0.25, 0.3) is 5.91 Å². The molecular weight excluding hydrogens is 288 g/mol. The van der Waals surface area contributed by atoms with Crippen LogP contribution in [0, 0.1) is 6.92 Å². The Morgan fingerprint density at radius 1 is 1.22 bits per heavy atom. The van der Waals surface area contributed by atoms with Gasteiger partial charge < -0.3 is 15.4 Å².